The number of benzene rings is 2. The van der Waals surface area contributed by atoms with E-state index in [9.17, 15) is 4.79 Å². The minimum atomic E-state index is 0.162. The molecule has 2 aromatic rings. The van der Waals surface area contributed by atoms with E-state index < -0.39 is 0 Å². The standard InChI is InChI=1S/C27H33NO2/c1-5-16-30-24-13-9-22(10-14-24)18-28-23-11-7-21(8-12-23)17-26-20(4)6-15-25(19(2)3)27(26)29/h7-14,17-20,25H,5-6,15-16H2,1-4H3/b26-17-,28-18?/t20-,25-/m0/s1. The lowest BCUT2D eigenvalue weighted by atomic mass is 9.73. The first-order valence-corrected chi connectivity index (χ1v) is 11.1. The number of carbonyl (C=O) groups excluding carboxylic acids is 1. The zero-order valence-electron chi connectivity index (χ0n) is 18.6. The molecule has 0 amide bonds. The third-order valence-electron chi connectivity index (χ3n) is 5.80. The van der Waals surface area contributed by atoms with Crippen molar-refractivity contribution in [2.45, 2.75) is 47.0 Å². The Balaban J connectivity index is 1.68. The SMILES string of the molecule is CCCOc1ccc(C=Nc2ccc(/C=C3\C(=O)[C@H](C(C)C)CC[C@@H]3C)cc2)cc1. The average molecular weight is 404 g/mol. The fourth-order valence-corrected chi connectivity index (χ4v) is 3.88. The van der Waals surface area contributed by atoms with Crippen molar-refractivity contribution in [2.24, 2.45) is 22.7 Å². The number of Topliss-reactive ketones (excluding diaryl/α,β-unsaturated/α-hetero) is 1. The van der Waals surface area contributed by atoms with Gasteiger partial charge in [-0.2, -0.15) is 0 Å². The lowest BCUT2D eigenvalue weighted by molar-refractivity contribution is -0.122. The Labute approximate surface area is 180 Å². The van der Waals surface area contributed by atoms with Crippen molar-refractivity contribution in [2.75, 3.05) is 6.61 Å². The second kappa shape index (κ2) is 10.4. The number of rotatable bonds is 7. The molecule has 3 nitrogen and oxygen atoms in total. The Morgan fingerprint density at radius 3 is 2.33 bits per heavy atom. The number of ketones is 1. The highest BCUT2D eigenvalue weighted by Gasteiger charge is 2.32. The van der Waals surface area contributed by atoms with Crippen molar-refractivity contribution >= 4 is 23.8 Å². The van der Waals surface area contributed by atoms with Crippen LogP contribution in [-0.4, -0.2) is 18.6 Å². The summed E-state index contributed by atoms with van der Waals surface area (Å²) in [6, 6.07) is 16.0. The highest BCUT2D eigenvalue weighted by Crippen LogP contribution is 2.35. The predicted molar refractivity (Wildman–Crippen MR) is 126 cm³/mol. The summed E-state index contributed by atoms with van der Waals surface area (Å²) in [6.45, 7) is 9.29. The van der Waals surface area contributed by atoms with E-state index in [4.69, 9.17) is 4.74 Å². The van der Waals surface area contributed by atoms with Crippen LogP contribution in [0.1, 0.15) is 58.1 Å². The molecule has 2 aromatic carbocycles. The Bertz CT molecular complexity index is 891. The third-order valence-corrected chi connectivity index (χ3v) is 5.80. The molecular weight excluding hydrogens is 370 g/mol. The molecule has 1 aliphatic rings. The van der Waals surface area contributed by atoms with Crippen molar-refractivity contribution in [3.8, 4) is 5.75 Å². The smallest absolute Gasteiger partial charge is 0.162 e. The van der Waals surface area contributed by atoms with Gasteiger partial charge in [-0.05, 0) is 90.3 Å². The number of allylic oxidation sites excluding steroid dienone is 1. The van der Waals surface area contributed by atoms with Gasteiger partial charge >= 0.3 is 0 Å². The van der Waals surface area contributed by atoms with Crippen LogP contribution in [0.4, 0.5) is 5.69 Å². The van der Waals surface area contributed by atoms with Gasteiger partial charge in [0.05, 0.1) is 12.3 Å². The molecule has 1 saturated carbocycles. The van der Waals surface area contributed by atoms with Gasteiger partial charge in [0, 0.05) is 12.1 Å². The van der Waals surface area contributed by atoms with Crippen LogP contribution < -0.4 is 4.74 Å². The number of nitrogens with zero attached hydrogens (tertiary/aromatic N) is 1. The van der Waals surface area contributed by atoms with Crippen molar-refractivity contribution < 1.29 is 9.53 Å². The second-order valence-electron chi connectivity index (χ2n) is 8.56. The van der Waals surface area contributed by atoms with Gasteiger partial charge in [-0.1, -0.05) is 39.8 Å². The molecule has 0 N–H and O–H groups in total. The Hall–Kier alpha value is -2.68. The molecule has 1 aliphatic carbocycles. The van der Waals surface area contributed by atoms with Crippen LogP contribution in [0.15, 0.2) is 59.1 Å². The zero-order valence-corrected chi connectivity index (χ0v) is 18.6. The monoisotopic (exact) mass is 403 g/mol. The zero-order chi connectivity index (χ0) is 21.5. The summed E-state index contributed by atoms with van der Waals surface area (Å²) in [7, 11) is 0. The highest BCUT2D eigenvalue weighted by molar-refractivity contribution is 6.02. The van der Waals surface area contributed by atoms with E-state index in [1.165, 1.54) is 0 Å². The van der Waals surface area contributed by atoms with E-state index in [0.29, 0.717) is 17.6 Å². The Morgan fingerprint density at radius 2 is 1.70 bits per heavy atom. The second-order valence-corrected chi connectivity index (χ2v) is 8.56. The molecular formula is C27H33NO2. The Kier molecular flexibility index (Phi) is 7.62. The molecule has 3 heteroatoms. The summed E-state index contributed by atoms with van der Waals surface area (Å²) in [5, 5.41) is 0. The first kappa shape index (κ1) is 22.0. The van der Waals surface area contributed by atoms with Gasteiger partial charge in [0.2, 0.25) is 0 Å². The van der Waals surface area contributed by atoms with Crippen molar-refractivity contribution in [1.29, 1.82) is 0 Å². The van der Waals surface area contributed by atoms with Gasteiger partial charge in [0.1, 0.15) is 5.75 Å². The van der Waals surface area contributed by atoms with E-state index in [1.54, 1.807) is 0 Å². The molecule has 3 rings (SSSR count). The van der Waals surface area contributed by atoms with Gasteiger partial charge < -0.3 is 4.74 Å². The fourth-order valence-electron chi connectivity index (χ4n) is 3.88. The third kappa shape index (κ3) is 5.69. The molecule has 0 aliphatic heterocycles. The van der Waals surface area contributed by atoms with E-state index in [0.717, 1.165) is 54.0 Å². The van der Waals surface area contributed by atoms with Gasteiger partial charge in [0.15, 0.2) is 5.78 Å². The minimum absolute atomic E-state index is 0.162. The first-order chi connectivity index (χ1) is 14.5. The maximum absolute atomic E-state index is 12.9. The minimum Gasteiger partial charge on any atom is -0.494 e. The maximum Gasteiger partial charge on any atom is 0.162 e. The van der Waals surface area contributed by atoms with Crippen LogP contribution >= 0.6 is 0 Å². The van der Waals surface area contributed by atoms with Crippen LogP contribution in [-0.2, 0) is 4.79 Å². The first-order valence-electron chi connectivity index (χ1n) is 11.1. The van der Waals surface area contributed by atoms with Gasteiger partial charge in [0.25, 0.3) is 0 Å². The molecule has 0 unspecified atom stereocenters. The van der Waals surface area contributed by atoms with Crippen LogP contribution in [0, 0.1) is 17.8 Å². The number of hydrogen-bond donors (Lipinski definition) is 0. The summed E-state index contributed by atoms with van der Waals surface area (Å²) in [4.78, 5) is 17.5. The van der Waals surface area contributed by atoms with Crippen LogP contribution in [0.2, 0.25) is 0 Å². The summed E-state index contributed by atoms with van der Waals surface area (Å²) in [5.74, 6) is 2.11. The quantitative estimate of drug-likeness (QED) is 0.373. The van der Waals surface area contributed by atoms with E-state index in [2.05, 4.69) is 38.8 Å². The molecule has 158 valence electrons. The molecule has 0 heterocycles. The van der Waals surface area contributed by atoms with Crippen molar-refractivity contribution in [3.63, 3.8) is 0 Å². The normalized spacial score (nSPS) is 21.0. The molecule has 2 atom stereocenters. The topological polar surface area (TPSA) is 38.7 Å². The Morgan fingerprint density at radius 1 is 1.03 bits per heavy atom. The van der Waals surface area contributed by atoms with Gasteiger partial charge in [-0.15, -0.1) is 0 Å². The highest BCUT2D eigenvalue weighted by atomic mass is 16.5. The molecule has 1 fully saturated rings. The molecule has 30 heavy (non-hydrogen) atoms. The molecule has 0 bridgehead atoms. The van der Waals surface area contributed by atoms with Crippen LogP contribution in [0.5, 0.6) is 5.75 Å². The average Bonchev–Trinajstić information content (AvgIpc) is 2.75. The van der Waals surface area contributed by atoms with E-state index >= 15 is 0 Å². The predicted octanol–water partition coefficient (Wildman–Crippen LogP) is 6.88. The van der Waals surface area contributed by atoms with Crippen LogP contribution in [0.3, 0.4) is 0 Å². The lowest BCUT2D eigenvalue weighted by Gasteiger charge is -2.30. The van der Waals surface area contributed by atoms with Crippen LogP contribution in [0.25, 0.3) is 6.08 Å². The summed E-state index contributed by atoms with van der Waals surface area (Å²) in [5.41, 5.74) is 3.96. The van der Waals surface area contributed by atoms with Gasteiger partial charge in [-0.3, -0.25) is 9.79 Å². The molecule has 0 spiro atoms. The number of aliphatic imine (C=N–C) groups is 1. The summed E-state index contributed by atoms with van der Waals surface area (Å²) < 4.78 is 5.61. The van der Waals surface area contributed by atoms with Crippen molar-refractivity contribution in [3.05, 3.63) is 65.2 Å². The maximum atomic E-state index is 12.9. The molecule has 0 radical (unpaired) electrons. The number of hydrogen-bond acceptors (Lipinski definition) is 3. The summed E-state index contributed by atoms with van der Waals surface area (Å²) in [6.07, 6.45) is 7.03. The van der Waals surface area contributed by atoms with Crippen molar-refractivity contribution in [1.82, 2.24) is 0 Å². The lowest BCUT2D eigenvalue weighted by Crippen LogP contribution is -2.30. The number of carbonyl (C=O) groups is 1. The largest absolute Gasteiger partial charge is 0.494 e. The van der Waals surface area contributed by atoms with E-state index in [-0.39, 0.29) is 5.92 Å². The van der Waals surface area contributed by atoms with E-state index in [1.807, 2.05) is 54.7 Å². The molecule has 0 aromatic heterocycles. The molecule has 0 saturated heterocycles. The van der Waals surface area contributed by atoms with Gasteiger partial charge in [-0.25, -0.2) is 0 Å². The fraction of sp³-hybridized carbons (Fsp3) is 0.407. The summed E-state index contributed by atoms with van der Waals surface area (Å²) >= 11 is 0. The number of ether oxygens (including phenoxy) is 1.